The van der Waals surface area contributed by atoms with E-state index in [0.29, 0.717) is 17.7 Å². The number of benzene rings is 2. The topological polar surface area (TPSA) is 85.3 Å². The maximum absolute atomic E-state index is 12.2. The molecule has 1 atom stereocenters. The minimum Gasteiger partial charge on any atom is -0.461 e. The van der Waals surface area contributed by atoms with Crippen LogP contribution in [0.1, 0.15) is 23.8 Å². The normalized spacial score (nSPS) is 11.7. The first-order chi connectivity index (χ1) is 12.6. The molecule has 1 aromatic heterocycles. The van der Waals surface area contributed by atoms with Gasteiger partial charge in [-0.25, -0.2) is 0 Å². The molecule has 2 aromatic carbocycles. The summed E-state index contributed by atoms with van der Waals surface area (Å²) in [6.07, 6.45) is 0.650. The van der Waals surface area contributed by atoms with Gasteiger partial charge in [0, 0.05) is 18.4 Å². The third kappa shape index (κ3) is 4.39. The molecule has 1 unspecified atom stereocenters. The molecule has 26 heavy (non-hydrogen) atoms. The van der Waals surface area contributed by atoms with Crippen molar-refractivity contribution in [1.82, 2.24) is 5.32 Å². The van der Waals surface area contributed by atoms with E-state index < -0.39 is 11.9 Å². The highest BCUT2D eigenvalue weighted by Crippen LogP contribution is 2.22. The van der Waals surface area contributed by atoms with E-state index in [0.717, 1.165) is 11.3 Å². The van der Waals surface area contributed by atoms with Crippen LogP contribution in [0.25, 0.3) is 11.3 Å². The van der Waals surface area contributed by atoms with E-state index in [-0.39, 0.29) is 12.3 Å². The molecule has 0 bridgehead atoms. The Morgan fingerprint density at radius 3 is 2.23 bits per heavy atom. The summed E-state index contributed by atoms with van der Waals surface area (Å²) in [6, 6.07) is 21.6. The summed E-state index contributed by atoms with van der Waals surface area (Å²) in [5, 5.41) is 2.69. The molecule has 5 heteroatoms. The highest BCUT2D eigenvalue weighted by atomic mass is 16.3. The molecule has 3 N–H and O–H groups in total. The van der Waals surface area contributed by atoms with E-state index in [9.17, 15) is 9.59 Å². The molecule has 0 radical (unpaired) electrons. The molecule has 5 nitrogen and oxygen atoms in total. The van der Waals surface area contributed by atoms with Crippen LogP contribution in [-0.4, -0.2) is 11.8 Å². The summed E-state index contributed by atoms with van der Waals surface area (Å²) in [4.78, 5) is 23.9. The van der Waals surface area contributed by atoms with E-state index in [1.54, 1.807) is 24.3 Å². The summed E-state index contributed by atoms with van der Waals surface area (Å²) < 4.78 is 5.79. The summed E-state index contributed by atoms with van der Waals surface area (Å²) in [5.74, 6) is 0.638. The number of primary amides is 1. The van der Waals surface area contributed by atoms with Crippen LogP contribution >= 0.6 is 0 Å². The van der Waals surface area contributed by atoms with Gasteiger partial charge in [-0.2, -0.15) is 0 Å². The number of rotatable bonds is 7. The first-order valence-corrected chi connectivity index (χ1v) is 8.41. The van der Waals surface area contributed by atoms with Gasteiger partial charge in [-0.1, -0.05) is 60.7 Å². The number of hydrogen-bond acceptors (Lipinski definition) is 3. The van der Waals surface area contributed by atoms with Crippen LogP contribution in [0.5, 0.6) is 0 Å². The van der Waals surface area contributed by atoms with Gasteiger partial charge in [-0.15, -0.1) is 0 Å². The Balaban J connectivity index is 1.59. The number of carbonyl (C=O) groups excluding carboxylic acids is 2. The molecule has 2 amide bonds. The van der Waals surface area contributed by atoms with E-state index in [1.165, 1.54) is 0 Å². The van der Waals surface area contributed by atoms with Gasteiger partial charge in [0.2, 0.25) is 11.8 Å². The SMILES string of the molecule is NC(=O)C(NC(=O)CCc1ccc(-c2ccccc2)o1)c1ccccc1. The van der Waals surface area contributed by atoms with Crippen LogP contribution in [0, 0.1) is 0 Å². The lowest BCUT2D eigenvalue weighted by Crippen LogP contribution is -2.37. The van der Waals surface area contributed by atoms with Gasteiger partial charge in [0.05, 0.1) is 0 Å². The third-order valence-electron chi connectivity index (χ3n) is 4.04. The van der Waals surface area contributed by atoms with Crippen molar-refractivity contribution in [3.05, 3.63) is 84.1 Å². The van der Waals surface area contributed by atoms with Crippen molar-refractivity contribution in [1.29, 1.82) is 0 Å². The zero-order valence-corrected chi connectivity index (χ0v) is 14.2. The second-order valence-corrected chi connectivity index (χ2v) is 5.95. The summed E-state index contributed by atoms with van der Waals surface area (Å²) in [7, 11) is 0. The second-order valence-electron chi connectivity index (χ2n) is 5.95. The number of nitrogens with one attached hydrogen (secondary N) is 1. The number of nitrogens with two attached hydrogens (primary N) is 1. The van der Waals surface area contributed by atoms with Crippen molar-refractivity contribution in [3.8, 4) is 11.3 Å². The minimum atomic E-state index is -0.833. The van der Waals surface area contributed by atoms with Gasteiger partial charge in [0.1, 0.15) is 17.6 Å². The number of carbonyl (C=O) groups is 2. The van der Waals surface area contributed by atoms with E-state index in [4.69, 9.17) is 10.2 Å². The maximum atomic E-state index is 12.2. The molecular weight excluding hydrogens is 328 g/mol. The van der Waals surface area contributed by atoms with Crippen molar-refractivity contribution in [2.45, 2.75) is 18.9 Å². The van der Waals surface area contributed by atoms with Crippen molar-refractivity contribution < 1.29 is 14.0 Å². The zero-order chi connectivity index (χ0) is 18.4. The van der Waals surface area contributed by atoms with Gasteiger partial charge >= 0.3 is 0 Å². The fourth-order valence-electron chi connectivity index (χ4n) is 2.70. The molecule has 1 heterocycles. The second kappa shape index (κ2) is 8.16. The Kier molecular flexibility index (Phi) is 5.49. The number of furan rings is 1. The fourth-order valence-corrected chi connectivity index (χ4v) is 2.70. The molecule has 0 saturated heterocycles. The highest BCUT2D eigenvalue weighted by Gasteiger charge is 2.20. The van der Waals surface area contributed by atoms with Gasteiger partial charge in [0.15, 0.2) is 0 Å². The molecule has 0 fully saturated rings. The van der Waals surface area contributed by atoms with Crippen molar-refractivity contribution in [2.24, 2.45) is 5.73 Å². The van der Waals surface area contributed by atoms with E-state index in [1.807, 2.05) is 48.5 Å². The lowest BCUT2D eigenvalue weighted by atomic mass is 10.1. The van der Waals surface area contributed by atoms with Gasteiger partial charge in [-0.3, -0.25) is 9.59 Å². The molecule has 3 rings (SSSR count). The maximum Gasteiger partial charge on any atom is 0.244 e. The minimum absolute atomic E-state index is 0.207. The number of hydrogen-bond donors (Lipinski definition) is 2. The zero-order valence-electron chi connectivity index (χ0n) is 14.2. The van der Waals surface area contributed by atoms with E-state index >= 15 is 0 Å². The molecule has 0 aliphatic rings. The lowest BCUT2D eigenvalue weighted by Gasteiger charge is -2.15. The Morgan fingerprint density at radius 2 is 1.58 bits per heavy atom. The highest BCUT2D eigenvalue weighted by molar-refractivity contribution is 5.87. The van der Waals surface area contributed by atoms with Crippen LogP contribution in [0.15, 0.2) is 77.2 Å². The Labute approximate surface area is 151 Å². The number of aryl methyl sites for hydroxylation is 1. The van der Waals surface area contributed by atoms with Gasteiger partial charge in [-0.05, 0) is 17.7 Å². The fraction of sp³-hybridized carbons (Fsp3) is 0.143. The molecular formula is C21H20N2O3. The molecule has 132 valence electrons. The average Bonchev–Trinajstić information content (AvgIpc) is 3.15. The first kappa shape index (κ1) is 17.5. The van der Waals surface area contributed by atoms with E-state index in [2.05, 4.69) is 5.32 Å². The van der Waals surface area contributed by atoms with Crippen LogP contribution in [-0.2, 0) is 16.0 Å². The monoisotopic (exact) mass is 348 g/mol. The van der Waals surface area contributed by atoms with Crippen molar-refractivity contribution >= 4 is 11.8 Å². The van der Waals surface area contributed by atoms with Crippen LogP contribution in [0.4, 0.5) is 0 Å². The van der Waals surface area contributed by atoms with Gasteiger partial charge in [0.25, 0.3) is 0 Å². The standard InChI is InChI=1S/C21H20N2O3/c22-21(25)20(16-9-5-2-6-10-16)23-19(24)14-12-17-11-13-18(26-17)15-7-3-1-4-8-15/h1-11,13,20H,12,14H2,(H2,22,25)(H,23,24). The third-order valence-corrected chi connectivity index (χ3v) is 4.04. The predicted octanol–water partition coefficient (Wildman–Crippen LogP) is 3.22. The molecule has 3 aromatic rings. The summed E-state index contributed by atoms with van der Waals surface area (Å²) in [5.41, 5.74) is 7.07. The lowest BCUT2D eigenvalue weighted by molar-refractivity contribution is -0.127. The quantitative estimate of drug-likeness (QED) is 0.687. The Hall–Kier alpha value is -3.34. The molecule has 0 saturated carbocycles. The average molecular weight is 348 g/mol. The van der Waals surface area contributed by atoms with Crippen LogP contribution in [0.3, 0.4) is 0 Å². The largest absolute Gasteiger partial charge is 0.461 e. The van der Waals surface area contributed by atoms with Gasteiger partial charge < -0.3 is 15.5 Å². The Morgan fingerprint density at radius 1 is 0.923 bits per heavy atom. The van der Waals surface area contributed by atoms with Crippen molar-refractivity contribution in [3.63, 3.8) is 0 Å². The summed E-state index contributed by atoms with van der Waals surface area (Å²) in [6.45, 7) is 0. The number of amides is 2. The molecule has 0 spiro atoms. The predicted molar refractivity (Wildman–Crippen MR) is 99.0 cm³/mol. The Bertz CT molecular complexity index is 873. The molecule has 0 aliphatic carbocycles. The molecule has 0 aliphatic heterocycles. The van der Waals surface area contributed by atoms with Crippen LogP contribution in [0.2, 0.25) is 0 Å². The smallest absolute Gasteiger partial charge is 0.244 e. The first-order valence-electron chi connectivity index (χ1n) is 8.41. The van der Waals surface area contributed by atoms with Crippen molar-refractivity contribution in [2.75, 3.05) is 0 Å². The summed E-state index contributed by atoms with van der Waals surface area (Å²) >= 11 is 0. The van der Waals surface area contributed by atoms with Crippen LogP contribution < -0.4 is 11.1 Å².